The van der Waals surface area contributed by atoms with E-state index in [4.69, 9.17) is 14.2 Å². The molecule has 3 aromatic carbocycles. The van der Waals surface area contributed by atoms with Gasteiger partial charge in [-0.25, -0.2) is 0 Å². The van der Waals surface area contributed by atoms with Gasteiger partial charge in [-0.3, -0.25) is 14.5 Å². The van der Waals surface area contributed by atoms with Crippen LogP contribution < -0.4 is 4.74 Å². The van der Waals surface area contributed by atoms with E-state index >= 15 is 0 Å². The molecule has 6 nitrogen and oxygen atoms in total. The lowest BCUT2D eigenvalue weighted by atomic mass is 9.98. The molecule has 6 heteroatoms. The van der Waals surface area contributed by atoms with E-state index in [1.807, 2.05) is 65.6 Å². The molecule has 0 amide bonds. The summed E-state index contributed by atoms with van der Waals surface area (Å²) in [5.74, 6) is -0.298. The Balaban J connectivity index is 2.06. The van der Waals surface area contributed by atoms with Crippen molar-refractivity contribution in [1.82, 2.24) is 4.90 Å². The van der Waals surface area contributed by atoms with Gasteiger partial charge in [-0.05, 0) is 28.8 Å². The first-order chi connectivity index (χ1) is 16.0. The number of benzene rings is 3. The lowest BCUT2D eigenvalue weighted by Gasteiger charge is -2.35. The van der Waals surface area contributed by atoms with Gasteiger partial charge in [-0.15, -0.1) is 0 Å². The van der Waals surface area contributed by atoms with Crippen LogP contribution in [0.15, 0.2) is 84.9 Å². The number of hydrogen-bond donors (Lipinski definition) is 0. The summed E-state index contributed by atoms with van der Waals surface area (Å²) in [7, 11) is 2.93. The summed E-state index contributed by atoms with van der Waals surface area (Å²) in [6.07, 6.45) is -0.867. The third-order valence-electron chi connectivity index (χ3n) is 5.32. The largest absolute Gasteiger partial charge is 0.497 e. The summed E-state index contributed by atoms with van der Waals surface area (Å²) in [6, 6.07) is 26.0. The van der Waals surface area contributed by atoms with E-state index in [2.05, 4.69) is 0 Å². The molecule has 0 bridgehead atoms. The number of rotatable bonds is 10. The smallest absolute Gasteiger partial charge is 0.327 e. The zero-order valence-corrected chi connectivity index (χ0v) is 19.1. The van der Waals surface area contributed by atoms with Crippen LogP contribution in [-0.4, -0.2) is 37.1 Å². The predicted octanol–water partition coefficient (Wildman–Crippen LogP) is 4.54. The fourth-order valence-electron chi connectivity index (χ4n) is 3.76. The molecule has 0 fully saturated rings. The second kappa shape index (κ2) is 11.8. The lowest BCUT2D eigenvalue weighted by molar-refractivity contribution is -0.162. The van der Waals surface area contributed by atoms with E-state index in [1.165, 1.54) is 14.0 Å². The fraction of sp³-hybridized carbons (Fsp3) is 0.259. The van der Waals surface area contributed by atoms with Crippen molar-refractivity contribution < 1.29 is 23.8 Å². The maximum atomic E-state index is 13.2. The minimum atomic E-state index is -0.868. The molecule has 2 unspecified atom stereocenters. The van der Waals surface area contributed by atoms with Gasteiger partial charge in [0.1, 0.15) is 5.75 Å². The van der Waals surface area contributed by atoms with Crippen LogP contribution in [0.3, 0.4) is 0 Å². The molecule has 0 aliphatic rings. The van der Waals surface area contributed by atoms with Crippen LogP contribution in [0.4, 0.5) is 0 Å². The molecule has 0 spiro atoms. The maximum Gasteiger partial charge on any atom is 0.327 e. The minimum absolute atomic E-state index is 0.462. The molecule has 3 rings (SSSR count). The van der Waals surface area contributed by atoms with Crippen molar-refractivity contribution in [3.63, 3.8) is 0 Å². The second-order valence-electron chi connectivity index (χ2n) is 7.65. The highest BCUT2D eigenvalue weighted by Crippen LogP contribution is 2.30. The normalized spacial score (nSPS) is 12.6. The lowest BCUT2D eigenvalue weighted by Crippen LogP contribution is -2.46. The van der Waals surface area contributed by atoms with E-state index in [1.54, 1.807) is 31.4 Å². The van der Waals surface area contributed by atoms with Crippen LogP contribution in [-0.2, 0) is 32.2 Å². The molecule has 3 aromatic rings. The number of hydrogen-bond acceptors (Lipinski definition) is 6. The van der Waals surface area contributed by atoms with Crippen molar-refractivity contribution in [3.8, 4) is 5.75 Å². The van der Waals surface area contributed by atoms with Crippen molar-refractivity contribution in [2.24, 2.45) is 0 Å². The zero-order valence-electron chi connectivity index (χ0n) is 19.1. The molecule has 0 aromatic heterocycles. The van der Waals surface area contributed by atoms with Crippen LogP contribution in [0.2, 0.25) is 0 Å². The molecule has 2 atom stereocenters. The number of methoxy groups -OCH3 is 2. The van der Waals surface area contributed by atoms with Crippen LogP contribution in [0.25, 0.3) is 0 Å². The highest BCUT2D eigenvalue weighted by Gasteiger charge is 2.38. The fourth-order valence-corrected chi connectivity index (χ4v) is 3.76. The Morgan fingerprint density at radius 2 is 1.30 bits per heavy atom. The Labute approximate surface area is 194 Å². The standard InChI is InChI=1S/C27H29NO5/c1-20(29)33-26(23-14-16-24(31-2)17-15-23)25(27(30)32-3)28(18-21-10-6-4-7-11-21)19-22-12-8-5-9-13-22/h4-17,25-26H,18-19H2,1-3H3. The Hall–Kier alpha value is -3.64. The van der Waals surface area contributed by atoms with E-state index in [-0.39, 0.29) is 0 Å². The van der Waals surface area contributed by atoms with E-state index in [9.17, 15) is 9.59 Å². The maximum absolute atomic E-state index is 13.2. The monoisotopic (exact) mass is 447 g/mol. The molecule has 0 aliphatic heterocycles. The van der Waals surface area contributed by atoms with Crippen molar-refractivity contribution in [3.05, 3.63) is 102 Å². The number of carbonyl (C=O) groups excluding carboxylic acids is 2. The second-order valence-corrected chi connectivity index (χ2v) is 7.65. The molecule has 0 N–H and O–H groups in total. The SMILES string of the molecule is COC(=O)C(C(OC(C)=O)c1ccc(OC)cc1)N(Cc1ccccc1)Cc1ccccc1. The summed E-state index contributed by atoms with van der Waals surface area (Å²) < 4.78 is 16.2. The summed E-state index contributed by atoms with van der Waals surface area (Å²) in [5, 5.41) is 0. The van der Waals surface area contributed by atoms with Crippen molar-refractivity contribution in [2.75, 3.05) is 14.2 Å². The molecule has 0 heterocycles. The van der Waals surface area contributed by atoms with Gasteiger partial charge in [0, 0.05) is 20.0 Å². The van der Waals surface area contributed by atoms with Gasteiger partial charge in [0.15, 0.2) is 12.1 Å². The molecule has 0 radical (unpaired) electrons. The quantitative estimate of drug-likeness (QED) is 0.425. The summed E-state index contributed by atoms with van der Waals surface area (Å²) in [4.78, 5) is 27.2. The molecule has 0 aliphatic carbocycles. The Kier molecular flexibility index (Phi) is 8.61. The first-order valence-corrected chi connectivity index (χ1v) is 10.7. The predicted molar refractivity (Wildman–Crippen MR) is 125 cm³/mol. The Morgan fingerprint density at radius 3 is 1.73 bits per heavy atom. The average molecular weight is 448 g/mol. The Morgan fingerprint density at radius 1 is 0.788 bits per heavy atom. The van der Waals surface area contributed by atoms with Crippen molar-refractivity contribution in [1.29, 1.82) is 0 Å². The van der Waals surface area contributed by atoms with Gasteiger partial charge in [0.05, 0.1) is 14.2 Å². The molecule has 0 saturated heterocycles. The van der Waals surface area contributed by atoms with Crippen LogP contribution >= 0.6 is 0 Å². The third-order valence-corrected chi connectivity index (χ3v) is 5.32. The average Bonchev–Trinajstić information content (AvgIpc) is 2.84. The number of carbonyl (C=O) groups is 2. The highest BCUT2D eigenvalue weighted by atomic mass is 16.6. The van der Waals surface area contributed by atoms with Gasteiger partial charge < -0.3 is 14.2 Å². The van der Waals surface area contributed by atoms with Gasteiger partial charge in [0.25, 0.3) is 0 Å². The number of esters is 2. The third kappa shape index (κ3) is 6.67. The minimum Gasteiger partial charge on any atom is -0.497 e. The first kappa shape index (κ1) is 24.0. The molecular formula is C27H29NO5. The van der Waals surface area contributed by atoms with Crippen LogP contribution in [0, 0.1) is 0 Å². The molecule has 33 heavy (non-hydrogen) atoms. The van der Waals surface area contributed by atoms with E-state index < -0.39 is 24.1 Å². The van der Waals surface area contributed by atoms with Gasteiger partial charge in [-0.1, -0.05) is 72.8 Å². The zero-order chi connectivity index (χ0) is 23.6. The highest BCUT2D eigenvalue weighted by molar-refractivity contribution is 5.78. The molecular weight excluding hydrogens is 418 g/mol. The summed E-state index contributed by atoms with van der Waals surface area (Å²) in [5.41, 5.74) is 2.73. The van der Waals surface area contributed by atoms with Crippen molar-refractivity contribution in [2.45, 2.75) is 32.2 Å². The van der Waals surface area contributed by atoms with Crippen molar-refractivity contribution >= 4 is 11.9 Å². The van der Waals surface area contributed by atoms with Gasteiger partial charge in [-0.2, -0.15) is 0 Å². The summed E-state index contributed by atoms with van der Waals surface area (Å²) in [6.45, 7) is 2.26. The first-order valence-electron chi connectivity index (χ1n) is 10.7. The summed E-state index contributed by atoms with van der Waals surface area (Å²) >= 11 is 0. The van der Waals surface area contributed by atoms with Gasteiger partial charge >= 0.3 is 11.9 Å². The van der Waals surface area contributed by atoms with Crippen LogP contribution in [0.5, 0.6) is 5.75 Å². The van der Waals surface area contributed by atoms with E-state index in [0.29, 0.717) is 24.4 Å². The Bertz CT molecular complexity index is 980. The van der Waals surface area contributed by atoms with Gasteiger partial charge in [0.2, 0.25) is 0 Å². The van der Waals surface area contributed by atoms with E-state index in [0.717, 1.165) is 11.1 Å². The molecule has 172 valence electrons. The number of nitrogens with zero attached hydrogens (tertiary/aromatic N) is 1. The topological polar surface area (TPSA) is 65.1 Å². The molecule has 0 saturated carbocycles. The number of ether oxygens (including phenoxy) is 3. The van der Waals surface area contributed by atoms with Crippen LogP contribution in [0.1, 0.15) is 29.7 Å².